The fourth-order valence-electron chi connectivity index (χ4n) is 2.41. The summed E-state index contributed by atoms with van der Waals surface area (Å²) in [6.07, 6.45) is 7.28. The maximum atomic E-state index is 12.0. The Hall–Kier alpha value is -2.60. The van der Waals surface area contributed by atoms with Crippen LogP contribution >= 0.6 is 11.8 Å². The summed E-state index contributed by atoms with van der Waals surface area (Å²) in [7, 11) is 0. The summed E-state index contributed by atoms with van der Waals surface area (Å²) in [6, 6.07) is 14.1. The van der Waals surface area contributed by atoms with Crippen LogP contribution in [0.2, 0.25) is 0 Å². The third kappa shape index (κ3) is 5.76. The Labute approximate surface area is 151 Å². The minimum absolute atomic E-state index is 0.0425. The van der Waals surface area contributed by atoms with Gasteiger partial charge in [0.2, 0.25) is 5.91 Å². The predicted octanol–water partition coefficient (Wildman–Crippen LogP) is 2.88. The highest BCUT2D eigenvalue weighted by Crippen LogP contribution is 2.10. The second-order valence-electron chi connectivity index (χ2n) is 5.65. The molecule has 0 radical (unpaired) electrons. The Kier molecular flexibility index (Phi) is 6.23. The molecule has 0 unspecified atom stereocenters. The number of hydrogen-bond acceptors (Lipinski definition) is 4. The molecule has 5 nitrogen and oxygen atoms in total. The van der Waals surface area contributed by atoms with E-state index in [1.54, 1.807) is 30.5 Å². The number of thioether (sulfide) groups is 1. The molecule has 0 saturated heterocycles. The van der Waals surface area contributed by atoms with Crippen molar-refractivity contribution >= 4 is 17.7 Å². The number of nitrogens with one attached hydrogen (secondary N) is 1. The summed E-state index contributed by atoms with van der Waals surface area (Å²) in [5.74, 6) is 1.22. The van der Waals surface area contributed by atoms with Crippen molar-refractivity contribution in [1.82, 2.24) is 19.9 Å². The monoisotopic (exact) mass is 352 g/mol. The highest BCUT2D eigenvalue weighted by molar-refractivity contribution is 7.99. The van der Waals surface area contributed by atoms with Crippen LogP contribution in [0.3, 0.4) is 0 Å². The molecule has 0 aliphatic rings. The van der Waals surface area contributed by atoms with Gasteiger partial charge in [-0.1, -0.05) is 30.3 Å². The van der Waals surface area contributed by atoms with Gasteiger partial charge in [-0.25, -0.2) is 4.98 Å². The lowest BCUT2D eigenvalue weighted by atomic mass is 10.1. The van der Waals surface area contributed by atoms with Crippen LogP contribution in [0, 0.1) is 0 Å². The first-order valence-corrected chi connectivity index (χ1v) is 9.23. The van der Waals surface area contributed by atoms with Crippen molar-refractivity contribution in [2.75, 3.05) is 5.75 Å². The molecule has 25 heavy (non-hydrogen) atoms. The fourth-order valence-corrected chi connectivity index (χ4v) is 3.18. The molecule has 2 heterocycles. The molecular weight excluding hydrogens is 332 g/mol. The normalized spacial score (nSPS) is 10.6. The molecule has 1 aromatic carbocycles. The van der Waals surface area contributed by atoms with Gasteiger partial charge < -0.3 is 9.88 Å². The molecule has 1 N–H and O–H groups in total. The summed E-state index contributed by atoms with van der Waals surface area (Å²) < 4.78 is 2.02. The molecule has 0 fully saturated rings. The van der Waals surface area contributed by atoms with Gasteiger partial charge in [0.25, 0.3) is 0 Å². The van der Waals surface area contributed by atoms with Crippen molar-refractivity contribution in [3.05, 3.63) is 84.2 Å². The van der Waals surface area contributed by atoms with Gasteiger partial charge in [-0.3, -0.25) is 9.78 Å². The molecule has 3 rings (SSSR count). The zero-order valence-electron chi connectivity index (χ0n) is 13.8. The third-order valence-corrected chi connectivity index (χ3v) is 4.58. The van der Waals surface area contributed by atoms with Crippen LogP contribution in [0.15, 0.2) is 67.4 Å². The molecule has 0 aliphatic heterocycles. The zero-order chi connectivity index (χ0) is 17.3. The van der Waals surface area contributed by atoms with E-state index in [0.717, 1.165) is 23.6 Å². The van der Waals surface area contributed by atoms with Crippen LogP contribution in [-0.2, 0) is 23.6 Å². The molecule has 0 spiro atoms. The summed E-state index contributed by atoms with van der Waals surface area (Å²) in [5.41, 5.74) is 3.28. The number of imidazole rings is 1. The second-order valence-corrected chi connectivity index (χ2v) is 6.63. The van der Waals surface area contributed by atoms with Crippen LogP contribution in [0.4, 0.5) is 0 Å². The van der Waals surface area contributed by atoms with Crippen molar-refractivity contribution < 1.29 is 4.79 Å². The minimum Gasteiger partial charge on any atom is -0.351 e. The Morgan fingerprint density at radius 3 is 2.84 bits per heavy atom. The molecule has 1 amide bonds. The predicted molar refractivity (Wildman–Crippen MR) is 100 cm³/mol. The number of rotatable bonds is 8. The summed E-state index contributed by atoms with van der Waals surface area (Å²) in [4.78, 5) is 20.3. The molecular formula is C19H20N4OS. The Bertz CT molecular complexity index is 790. The third-order valence-electron chi connectivity index (χ3n) is 3.61. The number of benzene rings is 1. The Balaban J connectivity index is 1.42. The molecule has 0 aliphatic carbocycles. The van der Waals surface area contributed by atoms with E-state index >= 15 is 0 Å². The fraction of sp³-hybridized carbons (Fsp3) is 0.211. The maximum Gasteiger partial charge on any atom is 0.230 e. The zero-order valence-corrected chi connectivity index (χ0v) is 14.7. The van der Waals surface area contributed by atoms with E-state index < -0.39 is 0 Å². The van der Waals surface area contributed by atoms with Gasteiger partial charge in [0.15, 0.2) is 0 Å². The van der Waals surface area contributed by atoms with E-state index in [1.165, 1.54) is 5.56 Å². The minimum atomic E-state index is 0.0425. The number of carbonyl (C=O) groups excluding carboxylic acids is 1. The van der Waals surface area contributed by atoms with Gasteiger partial charge in [0, 0.05) is 37.4 Å². The molecule has 0 bridgehead atoms. The van der Waals surface area contributed by atoms with Crippen molar-refractivity contribution in [3.63, 3.8) is 0 Å². The number of pyridine rings is 1. The molecule has 0 atom stereocenters. The van der Waals surface area contributed by atoms with Crippen molar-refractivity contribution in [1.29, 1.82) is 0 Å². The lowest BCUT2D eigenvalue weighted by molar-refractivity contribution is -0.118. The van der Waals surface area contributed by atoms with Gasteiger partial charge in [0.1, 0.15) is 0 Å². The van der Waals surface area contributed by atoms with E-state index in [1.807, 2.05) is 41.1 Å². The second kappa shape index (κ2) is 9.03. The van der Waals surface area contributed by atoms with Crippen LogP contribution in [-0.4, -0.2) is 26.2 Å². The number of nitrogens with zero attached hydrogens (tertiary/aromatic N) is 3. The first-order chi connectivity index (χ1) is 12.3. The summed E-state index contributed by atoms with van der Waals surface area (Å²) in [5, 5.41) is 2.97. The van der Waals surface area contributed by atoms with Gasteiger partial charge in [0.05, 0.1) is 17.8 Å². The van der Waals surface area contributed by atoms with Crippen LogP contribution < -0.4 is 5.32 Å². The first kappa shape index (κ1) is 17.2. The lowest BCUT2D eigenvalue weighted by Gasteiger charge is -2.08. The average Bonchev–Trinajstić information content (AvgIpc) is 3.14. The van der Waals surface area contributed by atoms with E-state index in [2.05, 4.69) is 27.4 Å². The highest BCUT2D eigenvalue weighted by Gasteiger charge is 2.03. The number of hydrogen-bond donors (Lipinski definition) is 1. The molecule has 6 heteroatoms. The van der Waals surface area contributed by atoms with E-state index in [0.29, 0.717) is 12.3 Å². The highest BCUT2D eigenvalue weighted by atomic mass is 32.2. The molecule has 2 aromatic heterocycles. The van der Waals surface area contributed by atoms with Crippen LogP contribution in [0.25, 0.3) is 0 Å². The van der Waals surface area contributed by atoms with Gasteiger partial charge in [-0.2, -0.15) is 0 Å². The number of amides is 1. The standard InChI is InChI=1S/C19H20N4OS/c24-19(14-25-13-18-6-1-2-7-21-18)22-11-16-4-3-5-17(10-16)12-23-9-8-20-15-23/h1-10,15H,11-14H2,(H,22,24). The van der Waals surface area contributed by atoms with Crippen LogP contribution in [0.5, 0.6) is 0 Å². The quantitative estimate of drug-likeness (QED) is 0.677. The maximum absolute atomic E-state index is 12.0. The Morgan fingerprint density at radius 1 is 1.12 bits per heavy atom. The largest absolute Gasteiger partial charge is 0.351 e. The van der Waals surface area contributed by atoms with Crippen molar-refractivity contribution in [2.45, 2.75) is 18.8 Å². The summed E-state index contributed by atoms with van der Waals surface area (Å²) >= 11 is 1.57. The number of carbonyl (C=O) groups is 1. The first-order valence-electron chi connectivity index (χ1n) is 8.07. The average molecular weight is 352 g/mol. The van der Waals surface area contributed by atoms with Crippen molar-refractivity contribution in [2.24, 2.45) is 0 Å². The topological polar surface area (TPSA) is 59.8 Å². The van der Waals surface area contributed by atoms with Gasteiger partial charge in [-0.05, 0) is 23.3 Å². The molecule has 0 saturated carbocycles. The Morgan fingerprint density at radius 2 is 2.04 bits per heavy atom. The lowest BCUT2D eigenvalue weighted by Crippen LogP contribution is -2.24. The van der Waals surface area contributed by atoms with E-state index in [-0.39, 0.29) is 5.91 Å². The van der Waals surface area contributed by atoms with Gasteiger partial charge >= 0.3 is 0 Å². The van der Waals surface area contributed by atoms with E-state index in [4.69, 9.17) is 0 Å². The number of aromatic nitrogens is 3. The van der Waals surface area contributed by atoms with Crippen LogP contribution in [0.1, 0.15) is 16.8 Å². The smallest absolute Gasteiger partial charge is 0.230 e. The van der Waals surface area contributed by atoms with E-state index in [9.17, 15) is 4.79 Å². The molecule has 3 aromatic rings. The van der Waals surface area contributed by atoms with Gasteiger partial charge in [-0.15, -0.1) is 11.8 Å². The molecule has 128 valence electrons. The SMILES string of the molecule is O=C(CSCc1ccccn1)NCc1cccc(Cn2ccnc2)c1. The van der Waals surface area contributed by atoms with Crippen molar-refractivity contribution in [3.8, 4) is 0 Å². The summed E-state index contributed by atoms with van der Waals surface area (Å²) in [6.45, 7) is 1.32.